The van der Waals surface area contributed by atoms with Crippen LogP contribution in [-0.4, -0.2) is 41.9 Å². The smallest absolute Gasteiger partial charge is 0.221 e. The molecule has 5 heteroatoms. The summed E-state index contributed by atoms with van der Waals surface area (Å²) >= 11 is 3.74. The first kappa shape index (κ1) is 22.8. The molecule has 0 heterocycles. The van der Waals surface area contributed by atoms with Crippen LogP contribution in [0.4, 0.5) is 5.69 Å². The fourth-order valence-electron chi connectivity index (χ4n) is 5.15. The highest BCUT2D eigenvalue weighted by Crippen LogP contribution is 2.32. The minimum absolute atomic E-state index is 0.00969. The number of anilines is 1. The highest BCUT2D eigenvalue weighted by molar-refractivity contribution is 9.10. The average Bonchev–Trinajstić information content (AvgIpc) is 2.71. The summed E-state index contributed by atoms with van der Waals surface area (Å²) in [6.45, 7) is 3.37. The van der Waals surface area contributed by atoms with Gasteiger partial charge in [0.05, 0.1) is 0 Å². The SMILES string of the molecule is CC(=O)Nc1c(CN(C)C2CCCCC2)cc(Br)cc1CN(C)C1CCCCC1. The van der Waals surface area contributed by atoms with Gasteiger partial charge in [0, 0.05) is 42.3 Å². The highest BCUT2D eigenvalue weighted by atomic mass is 79.9. The van der Waals surface area contributed by atoms with Gasteiger partial charge in [-0.25, -0.2) is 0 Å². The number of nitrogens with zero attached hydrogens (tertiary/aromatic N) is 2. The zero-order valence-electron chi connectivity index (χ0n) is 18.5. The van der Waals surface area contributed by atoms with Crippen molar-refractivity contribution in [3.8, 4) is 0 Å². The number of hydrogen-bond acceptors (Lipinski definition) is 3. The van der Waals surface area contributed by atoms with Crippen molar-refractivity contribution in [1.29, 1.82) is 0 Å². The lowest BCUT2D eigenvalue weighted by atomic mass is 9.93. The molecule has 0 radical (unpaired) electrons. The molecule has 4 nitrogen and oxygen atoms in total. The van der Waals surface area contributed by atoms with Gasteiger partial charge in [0.15, 0.2) is 0 Å². The number of amides is 1. The second-order valence-electron chi connectivity index (χ2n) is 9.19. The van der Waals surface area contributed by atoms with Crippen LogP contribution >= 0.6 is 15.9 Å². The maximum atomic E-state index is 12.0. The van der Waals surface area contributed by atoms with Crippen molar-refractivity contribution < 1.29 is 4.79 Å². The molecular formula is C24H38BrN3O. The molecule has 1 amide bonds. The number of benzene rings is 1. The predicted octanol–water partition coefficient (Wildman–Crippen LogP) is 5.94. The van der Waals surface area contributed by atoms with Gasteiger partial charge in [0.25, 0.3) is 0 Å². The first-order valence-electron chi connectivity index (χ1n) is 11.4. The average molecular weight is 464 g/mol. The van der Waals surface area contributed by atoms with Crippen molar-refractivity contribution in [2.45, 2.75) is 96.3 Å². The molecular weight excluding hydrogens is 426 g/mol. The van der Waals surface area contributed by atoms with Gasteiger partial charge in [-0.2, -0.15) is 0 Å². The van der Waals surface area contributed by atoms with E-state index in [-0.39, 0.29) is 5.91 Å². The number of hydrogen-bond donors (Lipinski definition) is 1. The van der Waals surface area contributed by atoms with E-state index in [1.165, 1.54) is 75.3 Å². The van der Waals surface area contributed by atoms with Crippen LogP contribution in [0.2, 0.25) is 0 Å². The van der Waals surface area contributed by atoms with Crippen molar-refractivity contribution in [1.82, 2.24) is 9.80 Å². The van der Waals surface area contributed by atoms with E-state index in [1.807, 2.05) is 0 Å². The molecule has 0 spiro atoms. The van der Waals surface area contributed by atoms with Crippen LogP contribution in [0.3, 0.4) is 0 Å². The molecule has 29 heavy (non-hydrogen) atoms. The zero-order valence-corrected chi connectivity index (χ0v) is 20.1. The van der Waals surface area contributed by atoms with Crippen LogP contribution in [0.1, 0.15) is 82.3 Å². The molecule has 2 aliphatic rings. The van der Waals surface area contributed by atoms with E-state index in [2.05, 4.69) is 57.3 Å². The Labute approximate surface area is 185 Å². The first-order valence-corrected chi connectivity index (χ1v) is 12.2. The van der Waals surface area contributed by atoms with Gasteiger partial charge < -0.3 is 5.32 Å². The Bertz CT molecular complexity index is 634. The summed E-state index contributed by atoms with van der Waals surface area (Å²) in [4.78, 5) is 17.0. The van der Waals surface area contributed by atoms with Crippen molar-refractivity contribution in [3.05, 3.63) is 27.7 Å². The summed E-state index contributed by atoms with van der Waals surface area (Å²) in [5.41, 5.74) is 3.45. The maximum absolute atomic E-state index is 12.0. The number of rotatable bonds is 7. The Balaban J connectivity index is 1.81. The molecule has 162 valence electrons. The number of nitrogens with one attached hydrogen (secondary N) is 1. The fourth-order valence-corrected chi connectivity index (χ4v) is 5.70. The lowest BCUT2D eigenvalue weighted by molar-refractivity contribution is -0.114. The Kier molecular flexibility index (Phi) is 8.57. The van der Waals surface area contributed by atoms with Crippen LogP contribution in [-0.2, 0) is 17.9 Å². The summed E-state index contributed by atoms with van der Waals surface area (Å²) in [5, 5.41) is 3.17. The molecule has 1 aromatic carbocycles. The molecule has 0 bridgehead atoms. The van der Waals surface area contributed by atoms with Crippen molar-refractivity contribution in [3.63, 3.8) is 0 Å². The monoisotopic (exact) mass is 463 g/mol. The van der Waals surface area contributed by atoms with Crippen LogP contribution in [0.25, 0.3) is 0 Å². The van der Waals surface area contributed by atoms with Crippen molar-refractivity contribution >= 4 is 27.5 Å². The molecule has 0 aromatic heterocycles. The lowest BCUT2D eigenvalue weighted by Crippen LogP contribution is -2.34. The van der Waals surface area contributed by atoms with E-state index < -0.39 is 0 Å². The predicted molar refractivity (Wildman–Crippen MR) is 125 cm³/mol. The molecule has 2 saturated carbocycles. The molecule has 1 aromatic rings. The summed E-state index contributed by atoms with van der Waals surface area (Å²) in [5.74, 6) is 0.00969. The fraction of sp³-hybridized carbons (Fsp3) is 0.708. The van der Waals surface area contributed by atoms with E-state index in [1.54, 1.807) is 6.92 Å². The van der Waals surface area contributed by atoms with Gasteiger partial charge >= 0.3 is 0 Å². The van der Waals surface area contributed by atoms with E-state index >= 15 is 0 Å². The molecule has 3 rings (SSSR count). The molecule has 0 atom stereocenters. The molecule has 0 saturated heterocycles. The third-order valence-electron chi connectivity index (χ3n) is 6.80. The molecule has 2 fully saturated rings. The maximum Gasteiger partial charge on any atom is 0.221 e. The Hall–Kier alpha value is -0.910. The van der Waals surface area contributed by atoms with E-state index in [9.17, 15) is 4.79 Å². The Morgan fingerprint density at radius 3 is 1.69 bits per heavy atom. The third kappa shape index (κ3) is 6.53. The summed E-state index contributed by atoms with van der Waals surface area (Å²) < 4.78 is 1.10. The minimum Gasteiger partial charge on any atom is -0.326 e. The number of carbonyl (C=O) groups excluding carboxylic acids is 1. The van der Waals surface area contributed by atoms with Crippen molar-refractivity contribution in [2.75, 3.05) is 19.4 Å². The van der Waals surface area contributed by atoms with Gasteiger partial charge in [0.1, 0.15) is 0 Å². The van der Waals surface area contributed by atoms with Crippen LogP contribution < -0.4 is 5.32 Å². The normalized spacial score (nSPS) is 19.1. The molecule has 0 aliphatic heterocycles. The summed E-state index contributed by atoms with van der Waals surface area (Å²) in [6, 6.07) is 5.69. The quantitative estimate of drug-likeness (QED) is 0.543. The van der Waals surface area contributed by atoms with E-state index in [0.717, 1.165) is 23.2 Å². The van der Waals surface area contributed by atoms with Crippen LogP contribution in [0.5, 0.6) is 0 Å². The second kappa shape index (κ2) is 10.9. The topological polar surface area (TPSA) is 35.6 Å². The van der Waals surface area contributed by atoms with Gasteiger partial charge in [-0.05, 0) is 63.0 Å². The molecule has 0 unspecified atom stereocenters. The highest BCUT2D eigenvalue weighted by Gasteiger charge is 2.23. The molecule has 2 aliphatic carbocycles. The summed E-state index contributed by atoms with van der Waals surface area (Å²) in [7, 11) is 4.48. The van der Waals surface area contributed by atoms with Crippen molar-refractivity contribution in [2.24, 2.45) is 0 Å². The van der Waals surface area contributed by atoms with Gasteiger partial charge in [-0.15, -0.1) is 0 Å². The standard InChI is InChI=1S/C24H38BrN3O/c1-18(29)26-24-19(16-27(2)22-10-6-4-7-11-22)14-21(25)15-20(24)17-28(3)23-12-8-5-9-13-23/h14-15,22-23H,4-13,16-17H2,1-3H3,(H,26,29). The van der Waals surface area contributed by atoms with Gasteiger partial charge in [-0.3, -0.25) is 14.6 Å². The zero-order chi connectivity index (χ0) is 20.8. The van der Waals surface area contributed by atoms with E-state index in [0.29, 0.717) is 12.1 Å². The summed E-state index contributed by atoms with van der Waals surface area (Å²) in [6.07, 6.45) is 13.2. The van der Waals surface area contributed by atoms with Crippen LogP contribution in [0.15, 0.2) is 16.6 Å². The van der Waals surface area contributed by atoms with Gasteiger partial charge in [0.2, 0.25) is 5.91 Å². The van der Waals surface area contributed by atoms with E-state index in [4.69, 9.17) is 0 Å². The second-order valence-corrected chi connectivity index (χ2v) is 10.1. The third-order valence-corrected chi connectivity index (χ3v) is 7.26. The largest absolute Gasteiger partial charge is 0.326 e. The molecule has 1 N–H and O–H groups in total. The Morgan fingerprint density at radius 2 is 1.31 bits per heavy atom. The van der Waals surface area contributed by atoms with Crippen LogP contribution in [0, 0.1) is 0 Å². The van der Waals surface area contributed by atoms with Gasteiger partial charge in [-0.1, -0.05) is 54.5 Å². The first-order chi connectivity index (χ1) is 13.9. The Morgan fingerprint density at radius 1 is 0.897 bits per heavy atom. The number of carbonyl (C=O) groups is 1. The number of halogens is 1. The lowest BCUT2D eigenvalue weighted by Gasteiger charge is -2.33. The minimum atomic E-state index is 0.00969.